The van der Waals surface area contributed by atoms with Crippen LogP contribution >= 0.6 is 0 Å². The lowest BCUT2D eigenvalue weighted by Crippen LogP contribution is -2.37. The molecule has 2 fully saturated rings. The van der Waals surface area contributed by atoms with Crippen LogP contribution in [0, 0.1) is 5.92 Å². The number of hydrogen-bond acceptors (Lipinski definition) is 4. The summed E-state index contributed by atoms with van der Waals surface area (Å²) in [6, 6.07) is 7.66. The minimum absolute atomic E-state index is 0.0773. The molecule has 7 nitrogen and oxygen atoms in total. The van der Waals surface area contributed by atoms with Gasteiger partial charge in [-0.05, 0) is 42.9 Å². The van der Waals surface area contributed by atoms with Gasteiger partial charge in [0, 0.05) is 39.0 Å². The molecule has 2 atom stereocenters. The number of fused-ring (bicyclic) bond motifs is 1. The molecule has 3 rings (SSSR count). The predicted molar refractivity (Wildman–Crippen MR) is 105 cm³/mol. The molecule has 0 aromatic heterocycles. The number of carbonyl (C=O) groups excluding carboxylic acids is 1. The van der Waals surface area contributed by atoms with Gasteiger partial charge in [0.15, 0.2) is 0 Å². The molecule has 150 valence electrons. The van der Waals surface area contributed by atoms with Gasteiger partial charge in [-0.3, -0.25) is 0 Å². The van der Waals surface area contributed by atoms with E-state index in [0.717, 1.165) is 12.1 Å². The van der Waals surface area contributed by atoms with Crippen molar-refractivity contribution in [3.05, 3.63) is 29.8 Å². The Morgan fingerprint density at radius 1 is 1.22 bits per heavy atom. The van der Waals surface area contributed by atoms with Gasteiger partial charge in [-0.15, -0.1) is 0 Å². The molecule has 1 aromatic carbocycles. The lowest BCUT2D eigenvalue weighted by Gasteiger charge is -2.22. The molecule has 0 spiro atoms. The van der Waals surface area contributed by atoms with E-state index in [1.807, 2.05) is 24.3 Å². The standard InChI is InChI=1S/C19H29N3O4S/c1-3-15-4-6-17(7-5-15)20-19(23)21-10-8-16-14-22(12-13-26-2)27(24,25)18(16)9-11-21/h4-7,16,18H,3,8-14H2,1-2H3,(H,20,23)/t16-,18-/m1/s1. The van der Waals surface area contributed by atoms with E-state index in [1.165, 1.54) is 5.56 Å². The fraction of sp³-hybridized carbons (Fsp3) is 0.632. The second-order valence-electron chi connectivity index (χ2n) is 7.24. The topological polar surface area (TPSA) is 79.0 Å². The van der Waals surface area contributed by atoms with E-state index in [0.29, 0.717) is 45.6 Å². The average molecular weight is 396 g/mol. The predicted octanol–water partition coefficient (Wildman–Crippen LogP) is 2.15. The molecule has 1 aromatic rings. The van der Waals surface area contributed by atoms with E-state index < -0.39 is 15.3 Å². The molecule has 8 heteroatoms. The molecular weight excluding hydrogens is 366 g/mol. The van der Waals surface area contributed by atoms with Crippen LogP contribution in [0.3, 0.4) is 0 Å². The summed E-state index contributed by atoms with van der Waals surface area (Å²) in [6.07, 6.45) is 2.15. The van der Waals surface area contributed by atoms with Gasteiger partial charge in [-0.2, -0.15) is 4.31 Å². The van der Waals surface area contributed by atoms with E-state index in [2.05, 4.69) is 12.2 Å². The summed E-state index contributed by atoms with van der Waals surface area (Å²) in [5.41, 5.74) is 1.99. The maximum Gasteiger partial charge on any atom is 0.321 e. The zero-order chi connectivity index (χ0) is 19.4. The van der Waals surface area contributed by atoms with Gasteiger partial charge in [0.1, 0.15) is 0 Å². The number of anilines is 1. The first kappa shape index (κ1) is 20.1. The summed E-state index contributed by atoms with van der Waals surface area (Å²) in [5.74, 6) is 0.0773. The average Bonchev–Trinajstić information content (AvgIpc) is 2.80. The number of methoxy groups -OCH3 is 1. The summed E-state index contributed by atoms with van der Waals surface area (Å²) < 4.78 is 32.1. The molecule has 0 saturated carbocycles. The lowest BCUT2D eigenvalue weighted by molar-refractivity contribution is 0.178. The molecule has 0 bridgehead atoms. The molecular formula is C19H29N3O4S. The Hall–Kier alpha value is -1.64. The monoisotopic (exact) mass is 395 g/mol. The van der Waals surface area contributed by atoms with Crippen molar-refractivity contribution in [2.45, 2.75) is 31.4 Å². The maximum atomic E-state index is 12.8. The van der Waals surface area contributed by atoms with Crippen LogP contribution in [0.1, 0.15) is 25.3 Å². The number of sulfonamides is 1. The van der Waals surface area contributed by atoms with Gasteiger partial charge in [0.2, 0.25) is 10.0 Å². The maximum absolute atomic E-state index is 12.8. The normalized spacial score (nSPS) is 25.0. The van der Waals surface area contributed by atoms with Crippen LogP contribution in [-0.4, -0.2) is 68.8 Å². The number of aryl methyl sites for hydroxylation is 1. The van der Waals surface area contributed by atoms with Crippen molar-refractivity contribution in [3.8, 4) is 0 Å². The Morgan fingerprint density at radius 3 is 2.59 bits per heavy atom. The Balaban J connectivity index is 1.60. The molecule has 2 amide bonds. The second kappa shape index (κ2) is 8.58. The first-order valence-electron chi connectivity index (χ1n) is 9.58. The number of ether oxygens (including phenoxy) is 1. The molecule has 2 aliphatic heterocycles. The van der Waals surface area contributed by atoms with E-state index in [1.54, 1.807) is 16.3 Å². The van der Waals surface area contributed by atoms with Crippen molar-refractivity contribution in [3.63, 3.8) is 0 Å². The number of likely N-dealkylation sites (tertiary alicyclic amines) is 1. The minimum atomic E-state index is -3.30. The first-order valence-corrected chi connectivity index (χ1v) is 11.1. The van der Waals surface area contributed by atoms with Crippen molar-refractivity contribution in [2.75, 3.05) is 45.2 Å². The van der Waals surface area contributed by atoms with Crippen molar-refractivity contribution in [1.29, 1.82) is 0 Å². The number of amides is 2. The number of nitrogens with one attached hydrogen (secondary N) is 1. The van der Waals surface area contributed by atoms with E-state index >= 15 is 0 Å². The van der Waals surface area contributed by atoms with Crippen molar-refractivity contribution in [1.82, 2.24) is 9.21 Å². The lowest BCUT2D eigenvalue weighted by atomic mass is 10.0. The fourth-order valence-corrected chi connectivity index (χ4v) is 6.16. The smallest absolute Gasteiger partial charge is 0.321 e. The van der Waals surface area contributed by atoms with E-state index in [9.17, 15) is 13.2 Å². The molecule has 1 N–H and O–H groups in total. The van der Waals surface area contributed by atoms with Gasteiger partial charge in [-0.25, -0.2) is 13.2 Å². The Labute approximate surface area is 161 Å². The highest BCUT2D eigenvalue weighted by Crippen LogP contribution is 2.34. The van der Waals surface area contributed by atoms with Gasteiger partial charge in [0.05, 0.1) is 11.9 Å². The van der Waals surface area contributed by atoms with Crippen molar-refractivity contribution < 1.29 is 17.9 Å². The SMILES string of the molecule is CCc1ccc(NC(=O)N2CC[C@@H]3CN(CCOC)S(=O)(=O)[C@@H]3CC2)cc1. The van der Waals surface area contributed by atoms with Crippen molar-refractivity contribution in [2.24, 2.45) is 5.92 Å². The van der Waals surface area contributed by atoms with Crippen LogP contribution in [0.15, 0.2) is 24.3 Å². The van der Waals surface area contributed by atoms with Crippen molar-refractivity contribution >= 4 is 21.7 Å². The number of urea groups is 1. The highest BCUT2D eigenvalue weighted by atomic mass is 32.2. The summed E-state index contributed by atoms with van der Waals surface area (Å²) in [5, 5.41) is 2.53. The van der Waals surface area contributed by atoms with Crippen LogP contribution in [0.2, 0.25) is 0 Å². The van der Waals surface area contributed by atoms with Crippen LogP contribution in [-0.2, 0) is 21.2 Å². The van der Waals surface area contributed by atoms with E-state index in [4.69, 9.17) is 4.74 Å². The second-order valence-corrected chi connectivity index (χ2v) is 9.39. The van der Waals surface area contributed by atoms with E-state index in [-0.39, 0.29) is 11.9 Å². The quantitative estimate of drug-likeness (QED) is 0.829. The fourth-order valence-electron chi connectivity index (χ4n) is 3.94. The molecule has 2 heterocycles. The third kappa shape index (κ3) is 4.44. The van der Waals surface area contributed by atoms with Gasteiger partial charge in [-0.1, -0.05) is 19.1 Å². The van der Waals surface area contributed by atoms with Crippen LogP contribution in [0.25, 0.3) is 0 Å². The van der Waals surface area contributed by atoms with Crippen LogP contribution in [0.4, 0.5) is 10.5 Å². The first-order chi connectivity index (χ1) is 13.0. The third-order valence-corrected chi connectivity index (χ3v) is 8.04. The Kier molecular flexibility index (Phi) is 6.39. The Morgan fingerprint density at radius 2 is 1.93 bits per heavy atom. The van der Waals surface area contributed by atoms with Gasteiger partial charge >= 0.3 is 6.03 Å². The highest BCUT2D eigenvalue weighted by Gasteiger charge is 2.46. The minimum Gasteiger partial charge on any atom is -0.383 e. The zero-order valence-corrected chi connectivity index (χ0v) is 16.9. The largest absolute Gasteiger partial charge is 0.383 e. The summed E-state index contributed by atoms with van der Waals surface area (Å²) in [6.45, 7) is 4.47. The summed E-state index contributed by atoms with van der Waals surface area (Å²) in [7, 11) is -1.73. The van der Waals surface area contributed by atoms with Crippen LogP contribution in [0.5, 0.6) is 0 Å². The number of carbonyl (C=O) groups is 1. The number of nitrogens with zero attached hydrogens (tertiary/aromatic N) is 2. The number of rotatable bonds is 5. The molecule has 27 heavy (non-hydrogen) atoms. The van der Waals surface area contributed by atoms with Crippen LogP contribution < -0.4 is 5.32 Å². The molecule has 0 aliphatic carbocycles. The zero-order valence-electron chi connectivity index (χ0n) is 16.1. The third-order valence-electron chi connectivity index (χ3n) is 5.61. The number of benzene rings is 1. The highest BCUT2D eigenvalue weighted by molar-refractivity contribution is 7.90. The number of hydrogen-bond donors (Lipinski definition) is 1. The Bertz CT molecular complexity index is 751. The summed E-state index contributed by atoms with van der Waals surface area (Å²) in [4.78, 5) is 14.3. The van der Waals surface area contributed by atoms with Gasteiger partial charge < -0.3 is 15.0 Å². The molecule has 0 radical (unpaired) electrons. The van der Waals surface area contributed by atoms with Gasteiger partial charge in [0.25, 0.3) is 0 Å². The molecule has 0 unspecified atom stereocenters. The molecule has 2 aliphatic rings. The molecule has 2 saturated heterocycles. The summed E-state index contributed by atoms with van der Waals surface area (Å²) >= 11 is 0.